The Morgan fingerprint density at radius 1 is 1.10 bits per heavy atom. The molecule has 0 saturated heterocycles. The predicted molar refractivity (Wildman–Crippen MR) is 83.4 cm³/mol. The van der Waals surface area contributed by atoms with Crippen molar-refractivity contribution < 1.29 is 13.2 Å². The van der Waals surface area contributed by atoms with E-state index in [1.807, 2.05) is 31.2 Å². The number of rotatable bonds is 5. The first kappa shape index (κ1) is 15.5. The predicted octanol–water partition coefficient (Wildman–Crippen LogP) is 2.77. The van der Waals surface area contributed by atoms with Crippen molar-refractivity contribution in [3.05, 3.63) is 54.1 Å². The molecule has 21 heavy (non-hydrogen) atoms. The molecule has 112 valence electrons. The van der Waals surface area contributed by atoms with Gasteiger partial charge >= 0.3 is 0 Å². The van der Waals surface area contributed by atoms with Crippen LogP contribution in [-0.2, 0) is 16.3 Å². The van der Waals surface area contributed by atoms with Crippen LogP contribution >= 0.6 is 0 Å². The maximum atomic E-state index is 11.5. The first-order chi connectivity index (χ1) is 9.84. The van der Waals surface area contributed by atoms with Crippen molar-refractivity contribution in [1.29, 1.82) is 0 Å². The monoisotopic (exact) mass is 305 g/mol. The molecule has 0 heterocycles. The quantitative estimate of drug-likeness (QED) is 0.922. The van der Waals surface area contributed by atoms with E-state index in [0.717, 1.165) is 12.0 Å². The summed E-state index contributed by atoms with van der Waals surface area (Å²) in [7, 11) is -3.24. The molecule has 0 amide bonds. The number of ether oxygens (including phenoxy) is 1. The molecule has 0 aromatic heterocycles. The summed E-state index contributed by atoms with van der Waals surface area (Å²) < 4.78 is 28.8. The van der Waals surface area contributed by atoms with Gasteiger partial charge in [-0.25, -0.2) is 8.42 Å². The minimum absolute atomic E-state index is 0.0776. The maximum absolute atomic E-state index is 11.5. The first-order valence-electron chi connectivity index (χ1n) is 6.67. The third kappa shape index (κ3) is 4.58. The van der Waals surface area contributed by atoms with E-state index in [4.69, 9.17) is 10.5 Å². The first-order valence-corrected chi connectivity index (χ1v) is 8.56. The molecule has 0 spiro atoms. The lowest BCUT2D eigenvalue weighted by Crippen LogP contribution is -2.17. The molecular formula is C16H19NO3S. The third-order valence-corrected chi connectivity index (χ3v) is 4.04. The van der Waals surface area contributed by atoms with Gasteiger partial charge in [-0.05, 0) is 49.2 Å². The van der Waals surface area contributed by atoms with E-state index < -0.39 is 9.84 Å². The molecule has 2 rings (SSSR count). The van der Waals surface area contributed by atoms with E-state index in [2.05, 4.69) is 0 Å². The van der Waals surface area contributed by atoms with Crippen molar-refractivity contribution >= 4 is 9.84 Å². The van der Waals surface area contributed by atoms with Crippen molar-refractivity contribution in [2.75, 3.05) is 6.26 Å². The van der Waals surface area contributed by atoms with Crippen LogP contribution < -0.4 is 10.5 Å². The Morgan fingerprint density at radius 2 is 1.71 bits per heavy atom. The molecule has 0 saturated carbocycles. The summed E-state index contributed by atoms with van der Waals surface area (Å²) in [5, 5.41) is 0. The SMILES string of the molecule is CC(N)Cc1cccc(Oc2cccc(S(C)(=O)=O)c2)c1. The summed E-state index contributed by atoms with van der Waals surface area (Å²) >= 11 is 0. The Labute approximate surface area is 125 Å². The lowest BCUT2D eigenvalue weighted by atomic mass is 10.1. The van der Waals surface area contributed by atoms with Gasteiger partial charge in [-0.15, -0.1) is 0 Å². The normalized spacial score (nSPS) is 12.9. The highest BCUT2D eigenvalue weighted by Crippen LogP contribution is 2.25. The van der Waals surface area contributed by atoms with Gasteiger partial charge < -0.3 is 10.5 Å². The average Bonchev–Trinajstić information content (AvgIpc) is 2.37. The number of nitrogens with two attached hydrogens (primary N) is 1. The average molecular weight is 305 g/mol. The van der Waals surface area contributed by atoms with Crippen molar-refractivity contribution in [3.8, 4) is 11.5 Å². The second-order valence-corrected chi connectivity index (χ2v) is 7.19. The fourth-order valence-corrected chi connectivity index (χ4v) is 2.67. The summed E-state index contributed by atoms with van der Waals surface area (Å²) in [6.07, 6.45) is 1.94. The zero-order valence-corrected chi connectivity index (χ0v) is 12.9. The minimum atomic E-state index is -3.24. The molecule has 4 nitrogen and oxygen atoms in total. The summed E-state index contributed by atoms with van der Waals surface area (Å²) in [6, 6.07) is 14.2. The van der Waals surface area contributed by atoms with Crippen molar-refractivity contribution in [1.82, 2.24) is 0 Å². The summed E-state index contributed by atoms with van der Waals surface area (Å²) in [4.78, 5) is 0.242. The van der Waals surface area contributed by atoms with E-state index in [-0.39, 0.29) is 10.9 Å². The molecule has 0 aliphatic carbocycles. The molecule has 1 unspecified atom stereocenters. The number of benzene rings is 2. The Kier molecular flexibility index (Phi) is 4.65. The van der Waals surface area contributed by atoms with Crippen LogP contribution in [0.15, 0.2) is 53.4 Å². The van der Waals surface area contributed by atoms with Gasteiger partial charge in [0.15, 0.2) is 9.84 Å². The minimum Gasteiger partial charge on any atom is -0.457 e. The lowest BCUT2D eigenvalue weighted by Gasteiger charge is -2.10. The fraction of sp³-hybridized carbons (Fsp3) is 0.250. The van der Waals surface area contributed by atoms with Crippen molar-refractivity contribution in [3.63, 3.8) is 0 Å². The van der Waals surface area contributed by atoms with Gasteiger partial charge in [-0.1, -0.05) is 18.2 Å². The van der Waals surface area contributed by atoms with Gasteiger partial charge in [0.05, 0.1) is 4.90 Å². The maximum Gasteiger partial charge on any atom is 0.175 e. The molecule has 0 aliphatic heterocycles. The zero-order valence-electron chi connectivity index (χ0n) is 12.1. The molecule has 0 radical (unpaired) electrons. The molecule has 0 aliphatic rings. The summed E-state index contributed by atoms with van der Waals surface area (Å²) in [5.74, 6) is 1.16. The largest absolute Gasteiger partial charge is 0.457 e. The van der Waals surface area contributed by atoms with Gasteiger partial charge in [-0.3, -0.25) is 0 Å². The molecule has 2 N–H and O–H groups in total. The molecule has 5 heteroatoms. The van der Waals surface area contributed by atoms with Gasteiger partial charge in [0.2, 0.25) is 0 Å². The van der Waals surface area contributed by atoms with Crippen molar-refractivity contribution in [2.45, 2.75) is 24.3 Å². The van der Waals surface area contributed by atoms with Crippen LogP contribution in [-0.4, -0.2) is 20.7 Å². The van der Waals surface area contributed by atoms with Gasteiger partial charge in [0.25, 0.3) is 0 Å². The van der Waals surface area contributed by atoms with Crippen LogP contribution in [0, 0.1) is 0 Å². The standard InChI is InChI=1S/C16H19NO3S/c1-12(17)9-13-5-3-6-14(10-13)20-15-7-4-8-16(11-15)21(2,18)19/h3-8,10-12H,9,17H2,1-2H3. The van der Waals surface area contributed by atoms with E-state index in [9.17, 15) is 8.42 Å². The summed E-state index contributed by atoms with van der Waals surface area (Å²) in [6.45, 7) is 1.95. The summed E-state index contributed by atoms with van der Waals surface area (Å²) in [5.41, 5.74) is 6.87. The van der Waals surface area contributed by atoms with Gasteiger partial charge in [0.1, 0.15) is 11.5 Å². The Hall–Kier alpha value is -1.85. The Morgan fingerprint density at radius 3 is 2.33 bits per heavy atom. The second-order valence-electron chi connectivity index (χ2n) is 5.18. The van der Waals surface area contributed by atoms with E-state index in [0.29, 0.717) is 11.5 Å². The Balaban J connectivity index is 2.22. The van der Waals surface area contributed by atoms with Gasteiger partial charge in [0, 0.05) is 12.3 Å². The van der Waals surface area contributed by atoms with Crippen LogP contribution in [0.25, 0.3) is 0 Å². The van der Waals surface area contributed by atoms with Gasteiger partial charge in [-0.2, -0.15) is 0 Å². The molecular weight excluding hydrogens is 286 g/mol. The highest BCUT2D eigenvalue weighted by atomic mass is 32.2. The Bertz CT molecular complexity index is 724. The lowest BCUT2D eigenvalue weighted by molar-refractivity contribution is 0.480. The van der Waals surface area contributed by atoms with E-state index in [1.54, 1.807) is 18.2 Å². The fourth-order valence-electron chi connectivity index (χ4n) is 2.01. The highest BCUT2D eigenvalue weighted by molar-refractivity contribution is 7.90. The third-order valence-electron chi connectivity index (χ3n) is 2.93. The van der Waals surface area contributed by atoms with E-state index in [1.165, 1.54) is 12.3 Å². The van der Waals surface area contributed by atoms with Crippen LogP contribution in [0.5, 0.6) is 11.5 Å². The second kappa shape index (κ2) is 6.28. The molecule has 0 bridgehead atoms. The van der Waals surface area contributed by atoms with Crippen LogP contribution in [0.4, 0.5) is 0 Å². The number of sulfone groups is 1. The molecule has 0 fully saturated rings. The highest BCUT2D eigenvalue weighted by Gasteiger charge is 2.08. The van der Waals surface area contributed by atoms with Crippen LogP contribution in [0.1, 0.15) is 12.5 Å². The molecule has 2 aromatic rings. The van der Waals surface area contributed by atoms with Crippen LogP contribution in [0.2, 0.25) is 0 Å². The van der Waals surface area contributed by atoms with Crippen LogP contribution in [0.3, 0.4) is 0 Å². The zero-order chi connectivity index (χ0) is 15.5. The van der Waals surface area contributed by atoms with E-state index >= 15 is 0 Å². The topological polar surface area (TPSA) is 69.4 Å². The molecule has 1 atom stereocenters. The molecule has 2 aromatic carbocycles. The number of hydrogen-bond acceptors (Lipinski definition) is 4. The smallest absolute Gasteiger partial charge is 0.175 e. The number of hydrogen-bond donors (Lipinski definition) is 1. The van der Waals surface area contributed by atoms with Crippen molar-refractivity contribution in [2.24, 2.45) is 5.73 Å².